The van der Waals surface area contributed by atoms with E-state index >= 15 is 0 Å². The van der Waals surface area contributed by atoms with Crippen molar-refractivity contribution >= 4 is 22.4 Å². The smallest absolute Gasteiger partial charge is 0.259 e. The Balaban J connectivity index is 1.59. The van der Waals surface area contributed by atoms with E-state index < -0.39 is 0 Å². The van der Waals surface area contributed by atoms with Crippen molar-refractivity contribution in [1.29, 1.82) is 0 Å². The molecule has 0 unspecified atom stereocenters. The monoisotopic (exact) mass is 383 g/mol. The maximum atomic E-state index is 12.9. The lowest BCUT2D eigenvalue weighted by Gasteiger charge is -2.18. The van der Waals surface area contributed by atoms with Crippen LogP contribution in [0.5, 0.6) is 0 Å². The lowest BCUT2D eigenvalue weighted by molar-refractivity contribution is 0.102. The number of anilines is 1. The van der Waals surface area contributed by atoms with E-state index in [9.17, 15) is 4.79 Å². The third-order valence-corrected chi connectivity index (χ3v) is 6.14. The third kappa shape index (κ3) is 3.59. The highest BCUT2D eigenvalue weighted by Crippen LogP contribution is 2.35. The van der Waals surface area contributed by atoms with E-state index in [1.807, 2.05) is 19.9 Å². The number of aromatic nitrogens is 6. The van der Waals surface area contributed by atoms with Crippen molar-refractivity contribution in [1.82, 2.24) is 30.4 Å². The van der Waals surface area contributed by atoms with Crippen molar-refractivity contribution in [2.24, 2.45) is 0 Å². The van der Waals surface area contributed by atoms with Crippen molar-refractivity contribution in [2.75, 3.05) is 5.32 Å². The number of hydrogen-bond donors (Lipinski definition) is 1. The molecule has 0 aliphatic heterocycles. The van der Waals surface area contributed by atoms with E-state index in [0.29, 0.717) is 22.3 Å². The molecule has 0 radical (unpaired) electrons. The van der Waals surface area contributed by atoms with Crippen molar-refractivity contribution in [3.05, 3.63) is 40.2 Å². The fourth-order valence-corrected chi connectivity index (χ4v) is 4.41. The summed E-state index contributed by atoms with van der Waals surface area (Å²) in [6.45, 7) is 3.95. The van der Waals surface area contributed by atoms with Crippen molar-refractivity contribution in [3.8, 4) is 5.69 Å². The zero-order valence-corrected chi connectivity index (χ0v) is 16.2. The maximum absolute atomic E-state index is 12.9. The standard InChI is InChI=1S/C18H21N7OS/c1-11-8-9-14(15(12(11)2)25-10-19-23-24-25)16(26)20-18-22-21-17(27-18)13-6-4-3-5-7-13/h8-10,13H,3-7H2,1-2H3,(H,20,22,26). The summed E-state index contributed by atoms with van der Waals surface area (Å²) < 4.78 is 1.52. The molecule has 0 bridgehead atoms. The van der Waals surface area contributed by atoms with E-state index in [4.69, 9.17) is 0 Å². The van der Waals surface area contributed by atoms with Gasteiger partial charge in [-0.15, -0.1) is 15.3 Å². The molecule has 140 valence electrons. The fourth-order valence-electron chi connectivity index (χ4n) is 3.51. The Bertz CT molecular complexity index is 945. The molecule has 1 fully saturated rings. The van der Waals surface area contributed by atoms with Gasteiger partial charge in [0.25, 0.3) is 5.91 Å². The van der Waals surface area contributed by atoms with Crippen LogP contribution in [0, 0.1) is 13.8 Å². The average Bonchev–Trinajstić information content (AvgIpc) is 3.36. The predicted molar refractivity (Wildman–Crippen MR) is 102 cm³/mol. The molecule has 1 N–H and O–H groups in total. The lowest BCUT2D eigenvalue weighted by atomic mass is 9.90. The summed E-state index contributed by atoms with van der Waals surface area (Å²) in [5, 5.41) is 24.3. The summed E-state index contributed by atoms with van der Waals surface area (Å²) in [5.74, 6) is 0.232. The van der Waals surface area contributed by atoms with Crippen LogP contribution in [-0.2, 0) is 0 Å². The number of nitrogens with zero attached hydrogens (tertiary/aromatic N) is 6. The van der Waals surface area contributed by atoms with Gasteiger partial charge < -0.3 is 0 Å². The van der Waals surface area contributed by atoms with Gasteiger partial charge in [0.2, 0.25) is 5.13 Å². The number of carbonyl (C=O) groups is 1. The fraction of sp³-hybridized carbons (Fsp3) is 0.444. The summed E-state index contributed by atoms with van der Waals surface area (Å²) in [5.41, 5.74) is 3.19. The molecule has 1 saturated carbocycles. The zero-order valence-electron chi connectivity index (χ0n) is 15.3. The number of tetrazole rings is 1. The first-order valence-electron chi connectivity index (χ1n) is 9.12. The second-order valence-electron chi connectivity index (χ2n) is 6.89. The Morgan fingerprint density at radius 3 is 2.74 bits per heavy atom. The van der Waals surface area contributed by atoms with E-state index in [1.165, 1.54) is 41.6 Å². The number of nitrogens with one attached hydrogen (secondary N) is 1. The highest BCUT2D eigenvalue weighted by Gasteiger charge is 2.22. The van der Waals surface area contributed by atoms with Gasteiger partial charge in [-0.25, -0.2) is 0 Å². The van der Waals surface area contributed by atoms with Crippen molar-refractivity contribution in [3.63, 3.8) is 0 Å². The Labute approximate surface area is 161 Å². The molecule has 0 atom stereocenters. The predicted octanol–water partition coefficient (Wildman–Crippen LogP) is 3.43. The Morgan fingerprint density at radius 1 is 1.19 bits per heavy atom. The average molecular weight is 383 g/mol. The summed E-state index contributed by atoms with van der Waals surface area (Å²) in [6, 6.07) is 3.71. The zero-order chi connectivity index (χ0) is 18.8. The number of amides is 1. The van der Waals surface area contributed by atoms with Crippen molar-refractivity contribution < 1.29 is 4.79 Å². The van der Waals surface area contributed by atoms with Gasteiger partial charge in [0.05, 0.1) is 11.3 Å². The molecule has 4 rings (SSSR count). The topological polar surface area (TPSA) is 98.5 Å². The molecule has 8 nitrogen and oxygen atoms in total. The molecule has 0 saturated heterocycles. The van der Waals surface area contributed by atoms with Crippen LogP contribution in [0.15, 0.2) is 18.5 Å². The number of hydrogen-bond acceptors (Lipinski definition) is 7. The highest BCUT2D eigenvalue weighted by molar-refractivity contribution is 7.15. The van der Waals surface area contributed by atoms with Gasteiger partial charge in [-0.05, 0) is 54.3 Å². The number of benzene rings is 1. The molecule has 1 aromatic carbocycles. The number of carbonyl (C=O) groups excluding carboxylic acids is 1. The minimum Gasteiger partial charge on any atom is -0.296 e. The van der Waals surface area contributed by atoms with Crippen molar-refractivity contribution in [2.45, 2.75) is 51.9 Å². The van der Waals surface area contributed by atoms with Crippen LogP contribution in [0.2, 0.25) is 0 Å². The highest BCUT2D eigenvalue weighted by atomic mass is 32.1. The molecule has 2 aromatic heterocycles. The molecule has 1 aliphatic carbocycles. The minimum atomic E-state index is -0.241. The number of aryl methyl sites for hydroxylation is 1. The van der Waals surface area contributed by atoms with Crippen LogP contribution in [0.4, 0.5) is 5.13 Å². The quantitative estimate of drug-likeness (QED) is 0.741. The normalized spacial score (nSPS) is 15.0. The minimum absolute atomic E-state index is 0.241. The summed E-state index contributed by atoms with van der Waals surface area (Å²) in [6.07, 6.45) is 7.58. The second kappa shape index (κ2) is 7.51. The van der Waals surface area contributed by atoms with E-state index in [1.54, 1.807) is 6.07 Å². The Kier molecular flexibility index (Phi) is 4.93. The second-order valence-corrected chi connectivity index (χ2v) is 7.90. The third-order valence-electron chi connectivity index (χ3n) is 5.14. The van der Waals surface area contributed by atoms with Crippen LogP contribution in [-0.4, -0.2) is 36.3 Å². The van der Waals surface area contributed by atoms with E-state index in [-0.39, 0.29) is 5.91 Å². The molecule has 1 aliphatic rings. The lowest BCUT2D eigenvalue weighted by Crippen LogP contribution is -2.16. The molecule has 27 heavy (non-hydrogen) atoms. The Morgan fingerprint density at radius 2 is 2.00 bits per heavy atom. The van der Waals surface area contributed by atoms with Gasteiger partial charge in [-0.3, -0.25) is 10.1 Å². The molecule has 1 amide bonds. The van der Waals surface area contributed by atoms with Gasteiger partial charge in [-0.1, -0.05) is 36.7 Å². The first-order valence-corrected chi connectivity index (χ1v) is 9.93. The van der Waals surface area contributed by atoms with Crippen LogP contribution < -0.4 is 5.32 Å². The molecule has 0 spiro atoms. The Hall–Kier alpha value is -2.68. The van der Waals surface area contributed by atoms with E-state index in [2.05, 4.69) is 31.0 Å². The largest absolute Gasteiger partial charge is 0.296 e. The maximum Gasteiger partial charge on any atom is 0.259 e. The first-order chi connectivity index (χ1) is 13.1. The molecule has 9 heteroatoms. The van der Waals surface area contributed by atoms with Gasteiger partial charge in [0.1, 0.15) is 11.3 Å². The summed E-state index contributed by atoms with van der Waals surface area (Å²) in [7, 11) is 0. The van der Waals surface area contributed by atoms with Crippen LogP contribution in [0.3, 0.4) is 0 Å². The molecular formula is C18H21N7OS. The van der Waals surface area contributed by atoms with Crippen LogP contribution in [0.25, 0.3) is 5.69 Å². The molecular weight excluding hydrogens is 362 g/mol. The molecule has 2 heterocycles. The molecule has 3 aromatic rings. The first kappa shape index (κ1) is 17.7. The van der Waals surface area contributed by atoms with Gasteiger partial charge >= 0.3 is 0 Å². The SMILES string of the molecule is Cc1ccc(C(=O)Nc2nnc(C3CCCCC3)s2)c(-n2cnnn2)c1C. The van der Waals surface area contributed by atoms with Gasteiger partial charge in [-0.2, -0.15) is 4.68 Å². The summed E-state index contributed by atoms with van der Waals surface area (Å²) in [4.78, 5) is 12.9. The van der Waals surface area contributed by atoms with Crippen LogP contribution >= 0.6 is 11.3 Å². The van der Waals surface area contributed by atoms with Gasteiger partial charge in [0, 0.05) is 5.92 Å². The van der Waals surface area contributed by atoms with Crippen LogP contribution in [0.1, 0.15) is 64.5 Å². The van der Waals surface area contributed by atoms with E-state index in [0.717, 1.165) is 29.0 Å². The number of rotatable bonds is 4. The summed E-state index contributed by atoms with van der Waals surface area (Å²) >= 11 is 1.47. The van der Waals surface area contributed by atoms with Gasteiger partial charge in [0.15, 0.2) is 0 Å².